The van der Waals surface area contributed by atoms with Crippen LogP contribution in [-0.4, -0.2) is 16.6 Å². The molecule has 1 aliphatic carbocycles. The first kappa shape index (κ1) is 14.8. The number of carbonyl (C=O) groups is 1. The van der Waals surface area contributed by atoms with Crippen LogP contribution >= 0.6 is 0 Å². The second kappa shape index (κ2) is 4.71. The number of carbonyl (C=O) groups excluding carboxylic acids is 1. The number of benzene rings is 3. The molecule has 140 valence electrons. The first-order valence-electron chi connectivity index (χ1n) is 10.5. The van der Waals surface area contributed by atoms with Crippen LogP contribution in [0, 0.1) is 0 Å². The summed E-state index contributed by atoms with van der Waals surface area (Å²) >= 11 is 0. The Bertz CT molecular complexity index is 1430. The fraction of sp³-hybridized carbons (Fsp3) is 0.240. The molecule has 1 amide bonds. The SMILES string of the molecule is O=C1NCc2c1c1c3c4c2c2ccccc2n4C2CCC(O2)[C@H]3c2ccccc2-1. The molecule has 29 heavy (non-hydrogen) atoms. The first-order chi connectivity index (χ1) is 14.3. The van der Waals surface area contributed by atoms with Gasteiger partial charge in [0.2, 0.25) is 0 Å². The Morgan fingerprint density at radius 1 is 1.00 bits per heavy atom. The molecule has 1 aromatic heterocycles. The van der Waals surface area contributed by atoms with Gasteiger partial charge in [-0.15, -0.1) is 0 Å². The summed E-state index contributed by atoms with van der Waals surface area (Å²) in [5.41, 5.74) is 9.58. The largest absolute Gasteiger partial charge is 0.354 e. The second-order valence-corrected chi connectivity index (χ2v) is 8.71. The van der Waals surface area contributed by atoms with Gasteiger partial charge >= 0.3 is 0 Å². The number of aromatic nitrogens is 1. The summed E-state index contributed by atoms with van der Waals surface area (Å²) in [6.07, 6.45) is 2.35. The van der Waals surface area contributed by atoms with Gasteiger partial charge in [-0.2, -0.15) is 0 Å². The molecule has 4 nitrogen and oxygen atoms in total. The van der Waals surface area contributed by atoms with E-state index in [4.69, 9.17) is 4.74 Å². The summed E-state index contributed by atoms with van der Waals surface area (Å²) in [7, 11) is 0. The highest BCUT2D eigenvalue weighted by Crippen LogP contribution is 2.59. The second-order valence-electron chi connectivity index (χ2n) is 8.71. The third kappa shape index (κ3) is 1.51. The fourth-order valence-electron chi connectivity index (χ4n) is 6.55. The lowest BCUT2D eigenvalue weighted by atomic mass is 9.86. The Labute approximate surface area is 167 Å². The zero-order valence-electron chi connectivity index (χ0n) is 15.7. The number of fused-ring (bicyclic) bond motifs is 13. The maximum atomic E-state index is 13.0. The van der Waals surface area contributed by atoms with Crippen molar-refractivity contribution in [3.8, 4) is 11.1 Å². The molecule has 1 fully saturated rings. The van der Waals surface area contributed by atoms with Crippen LogP contribution < -0.4 is 5.32 Å². The fourth-order valence-corrected chi connectivity index (χ4v) is 6.55. The number of hydrogen-bond acceptors (Lipinski definition) is 2. The van der Waals surface area contributed by atoms with E-state index in [-0.39, 0.29) is 24.2 Å². The summed E-state index contributed by atoms with van der Waals surface area (Å²) in [6.45, 7) is 0.605. The van der Waals surface area contributed by atoms with Gasteiger partial charge in [0, 0.05) is 28.8 Å². The zero-order valence-corrected chi connectivity index (χ0v) is 15.7. The van der Waals surface area contributed by atoms with Crippen molar-refractivity contribution in [2.24, 2.45) is 0 Å². The minimum absolute atomic E-state index is 0.0655. The van der Waals surface area contributed by atoms with Crippen LogP contribution in [0.4, 0.5) is 0 Å². The number of ether oxygens (including phenoxy) is 1. The molecule has 4 heteroatoms. The van der Waals surface area contributed by atoms with Crippen LogP contribution in [0.15, 0.2) is 48.5 Å². The molecule has 4 aliphatic rings. The quantitative estimate of drug-likeness (QED) is 0.476. The van der Waals surface area contributed by atoms with Crippen molar-refractivity contribution in [1.82, 2.24) is 9.88 Å². The topological polar surface area (TPSA) is 43.3 Å². The molecule has 3 aliphatic heterocycles. The maximum absolute atomic E-state index is 13.0. The summed E-state index contributed by atoms with van der Waals surface area (Å²) in [4.78, 5) is 13.0. The highest BCUT2D eigenvalue weighted by molar-refractivity contribution is 6.20. The number of para-hydroxylation sites is 1. The Morgan fingerprint density at radius 2 is 1.86 bits per heavy atom. The number of nitrogens with one attached hydrogen (secondary N) is 1. The van der Waals surface area contributed by atoms with E-state index in [0.717, 1.165) is 29.5 Å². The standard InChI is InChI=1S/C25H18N2O2/c28-25-22-15(11-26-25)19-14-7-3-4-8-16(14)27-18-10-9-17(29-18)20-12-5-1-2-6-13(12)21(22)23(20)24(19)27/h1-8,17-18,20H,9-11H2,(H,26,28)/t17?,18?,20-/m1/s1. The van der Waals surface area contributed by atoms with Crippen LogP contribution in [0.5, 0.6) is 0 Å². The average molecular weight is 378 g/mol. The van der Waals surface area contributed by atoms with Gasteiger partial charge in [-0.3, -0.25) is 4.79 Å². The van der Waals surface area contributed by atoms with Crippen molar-refractivity contribution in [1.29, 1.82) is 0 Å². The van der Waals surface area contributed by atoms with Crippen molar-refractivity contribution in [3.05, 3.63) is 70.8 Å². The van der Waals surface area contributed by atoms with Crippen LogP contribution in [0.1, 0.15) is 52.0 Å². The van der Waals surface area contributed by atoms with E-state index in [0.29, 0.717) is 6.54 Å². The smallest absolute Gasteiger partial charge is 0.252 e. The van der Waals surface area contributed by atoms with Crippen molar-refractivity contribution < 1.29 is 9.53 Å². The molecular formula is C25H18N2O2. The number of hydrogen-bond donors (Lipinski definition) is 1. The van der Waals surface area contributed by atoms with Gasteiger partial charge < -0.3 is 14.6 Å². The van der Waals surface area contributed by atoms with Gasteiger partial charge in [-0.25, -0.2) is 0 Å². The molecule has 1 N–H and O–H groups in total. The summed E-state index contributed by atoms with van der Waals surface area (Å²) in [5.74, 6) is 0.272. The minimum atomic E-state index is 0.0655. The minimum Gasteiger partial charge on any atom is -0.354 e. The van der Waals surface area contributed by atoms with Gasteiger partial charge in [0.15, 0.2) is 0 Å². The van der Waals surface area contributed by atoms with Gasteiger partial charge in [0.05, 0.1) is 22.7 Å². The van der Waals surface area contributed by atoms with Crippen molar-refractivity contribution in [2.45, 2.75) is 37.6 Å². The molecular weight excluding hydrogens is 360 g/mol. The predicted molar refractivity (Wildman–Crippen MR) is 111 cm³/mol. The van der Waals surface area contributed by atoms with Crippen molar-refractivity contribution in [3.63, 3.8) is 0 Å². The zero-order chi connectivity index (χ0) is 18.9. The van der Waals surface area contributed by atoms with E-state index in [1.165, 1.54) is 38.5 Å². The first-order valence-corrected chi connectivity index (χ1v) is 10.5. The summed E-state index contributed by atoms with van der Waals surface area (Å²) in [5, 5.41) is 5.61. The highest BCUT2D eigenvalue weighted by Gasteiger charge is 2.48. The molecule has 4 heterocycles. The molecule has 0 saturated carbocycles. The van der Waals surface area contributed by atoms with Gasteiger partial charge in [-0.05, 0) is 41.2 Å². The van der Waals surface area contributed by atoms with E-state index in [1.54, 1.807) is 0 Å². The predicted octanol–water partition coefficient (Wildman–Crippen LogP) is 4.84. The lowest BCUT2D eigenvalue weighted by Crippen LogP contribution is -2.16. The van der Waals surface area contributed by atoms with E-state index < -0.39 is 0 Å². The molecule has 4 aromatic rings. The lowest BCUT2D eigenvalue weighted by molar-refractivity contribution is 0.00493. The molecule has 3 atom stereocenters. The number of rotatable bonds is 0. The highest BCUT2D eigenvalue weighted by atomic mass is 16.5. The third-order valence-corrected chi connectivity index (χ3v) is 7.51. The molecule has 0 spiro atoms. The number of amides is 1. The van der Waals surface area contributed by atoms with E-state index in [9.17, 15) is 4.79 Å². The third-order valence-electron chi connectivity index (χ3n) is 7.51. The van der Waals surface area contributed by atoms with Gasteiger partial charge in [-0.1, -0.05) is 42.5 Å². The molecule has 1 saturated heterocycles. The van der Waals surface area contributed by atoms with Crippen molar-refractivity contribution in [2.75, 3.05) is 0 Å². The van der Waals surface area contributed by atoms with Crippen LogP contribution in [0.25, 0.3) is 32.9 Å². The summed E-state index contributed by atoms with van der Waals surface area (Å²) < 4.78 is 9.12. The van der Waals surface area contributed by atoms with E-state index in [1.807, 2.05) is 0 Å². The molecule has 8 rings (SSSR count). The van der Waals surface area contributed by atoms with Gasteiger partial charge in [0.25, 0.3) is 5.91 Å². The maximum Gasteiger partial charge on any atom is 0.252 e. The Balaban J connectivity index is 1.71. The van der Waals surface area contributed by atoms with E-state index in [2.05, 4.69) is 58.4 Å². The van der Waals surface area contributed by atoms with Crippen LogP contribution in [0.2, 0.25) is 0 Å². The van der Waals surface area contributed by atoms with E-state index >= 15 is 0 Å². The van der Waals surface area contributed by atoms with Gasteiger partial charge in [0.1, 0.15) is 6.23 Å². The molecule has 2 bridgehead atoms. The molecule has 3 aromatic carbocycles. The lowest BCUT2D eigenvalue weighted by Gasteiger charge is -2.20. The van der Waals surface area contributed by atoms with Crippen molar-refractivity contribution >= 4 is 27.7 Å². The Hall–Kier alpha value is -3.11. The Morgan fingerprint density at radius 3 is 2.83 bits per heavy atom. The number of nitrogens with zero attached hydrogens (tertiary/aromatic N) is 1. The normalized spacial score (nSPS) is 25.4. The summed E-state index contributed by atoms with van der Waals surface area (Å²) in [6, 6.07) is 17.3. The molecule has 2 unspecified atom stereocenters. The monoisotopic (exact) mass is 378 g/mol. The average Bonchev–Trinajstić information content (AvgIpc) is 3.47. The van der Waals surface area contributed by atoms with Crippen LogP contribution in [-0.2, 0) is 11.3 Å². The van der Waals surface area contributed by atoms with Crippen LogP contribution in [0.3, 0.4) is 0 Å². The Kier molecular flexibility index (Phi) is 2.41. The molecule has 0 radical (unpaired) electrons.